The van der Waals surface area contributed by atoms with Crippen LogP contribution in [0.3, 0.4) is 0 Å². The fourth-order valence-corrected chi connectivity index (χ4v) is 3.15. The minimum atomic E-state index is -0.149. The quantitative estimate of drug-likeness (QED) is 0.763. The van der Waals surface area contributed by atoms with Crippen LogP contribution in [0.15, 0.2) is 47.2 Å². The van der Waals surface area contributed by atoms with E-state index in [0.717, 1.165) is 16.9 Å². The van der Waals surface area contributed by atoms with Crippen LogP contribution < -0.4 is 10.1 Å². The number of amides is 1. The van der Waals surface area contributed by atoms with Gasteiger partial charge in [-0.2, -0.15) is 5.10 Å². The Morgan fingerprint density at radius 2 is 2.32 bits per heavy atom. The highest BCUT2D eigenvalue weighted by molar-refractivity contribution is 5.94. The Labute approximate surface area is 143 Å². The molecule has 1 atom stereocenters. The van der Waals surface area contributed by atoms with Crippen LogP contribution in [0, 0.1) is 0 Å². The van der Waals surface area contributed by atoms with Crippen molar-refractivity contribution in [2.75, 3.05) is 12.4 Å². The molecule has 0 fully saturated rings. The lowest BCUT2D eigenvalue weighted by atomic mass is 9.87. The third-order valence-electron chi connectivity index (χ3n) is 4.38. The molecule has 0 spiro atoms. The molecule has 2 N–H and O–H groups in total. The van der Waals surface area contributed by atoms with Crippen LogP contribution in [0.1, 0.15) is 29.2 Å². The number of ether oxygens (including phenoxy) is 1. The van der Waals surface area contributed by atoms with Gasteiger partial charge in [0.25, 0.3) is 0 Å². The fraction of sp³-hybridized carbons (Fsp3) is 0.222. The summed E-state index contributed by atoms with van der Waals surface area (Å²) in [6.45, 7) is 0.439. The van der Waals surface area contributed by atoms with Gasteiger partial charge < -0.3 is 19.6 Å². The first-order chi connectivity index (χ1) is 12.2. The van der Waals surface area contributed by atoms with Crippen molar-refractivity contribution in [3.05, 3.63) is 59.7 Å². The maximum Gasteiger partial charge on any atom is 0.226 e. The highest BCUT2D eigenvalue weighted by Gasteiger charge is 2.30. The summed E-state index contributed by atoms with van der Waals surface area (Å²) in [4.78, 5) is 12.2. The van der Waals surface area contributed by atoms with E-state index in [0.29, 0.717) is 24.5 Å². The van der Waals surface area contributed by atoms with Crippen molar-refractivity contribution in [1.29, 1.82) is 0 Å². The highest BCUT2D eigenvalue weighted by Crippen LogP contribution is 2.39. The second-order valence-electron chi connectivity index (χ2n) is 5.92. The predicted octanol–water partition coefficient (Wildman–Crippen LogP) is 2.71. The van der Waals surface area contributed by atoms with Gasteiger partial charge in [0.05, 0.1) is 19.6 Å². The number of carbonyl (C=O) groups is 1. The van der Waals surface area contributed by atoms with Crippen LogP contribution in [-0.2, 0) is 11.3 Å². The van der Waals surface area contributed by atoms with E-state index in [1.165, 1.54) is 7.11 Å². The molecule has 7 heteroatoms. The van der Waals surface area contributed by atoms with E-state index in [2.05, 4.69) is 10.4 Å². The van der Waals surface area contributed by atoms with Crippen molar-refractivity contribution >= 4 is 11.7 Å². The number of methoxy groups -OCH3 is 1. The van der Waals surface area contributed by atoms with Crippen LogP contribution in [0.2, 0.25) is 0 Å². The molecule has 7 nitrogen and oxygen atoms in total. The molecule has 2 aromatic heterocycles. The molecule has 0 aliphatic carbocycles. The van der Waals surface area contributed by atoms with Gasteiger partial charge >= 0.3 is 0 Å². The van der Waals surface area contributed by atoms with Crippen LogP contribution in [0.5, 0.6) is 11.5 Å². The van der Waals surface area contributed by atoms with E-state index >= 15 is 0 Å². The molecule has 0 bridgehead atoms. The van der Waals surface area contributed by atoms with Gasteiger partial charge in [-0.05, 0) is 29.8 Å². The molecule has 1 amide bonds. The Hall–Kier alpha value is -3.22. The van der Waals surface area contributed by atoms with Crippen molar-refractivity contribution in [2.45, 2.75) is 18.9 Å². The van der Waals surface area contributed by atoms with E-state index in [1.54, 1.807) is 35.3 Å². The second kappa shape index (κ2) is 6.01. The first kappa shape index (κ1) is 15.3. The van der Waals surface area contributed by atoms with E-state index < -0.39 is 0 Å². The Balaban J connectivity index is 1.73. The van der Waals surface area contributed by atoms with Gasteiger partial charge in [-0.1, -0.05) is 6.07 Å². The van der Waals surface area contributed by atoms with Crippen LogP contribution in [0.4, 0.5) is 5.82 Å². The minimum absolute atomic E-state index is 0.0697. The number of hydrogen-bond donors (Lipinski definition) is 2. The Morgan fingerprint density at radius 1 is 1.44 bits per heavy atom. The Kier molecular flexibility index (Phi) is 3.68. The van der Waals surface area contributed by atoms with Gasteiger partial charge in [0, 0.05) is 17.9 Å². The van der Waals surface area contributed by atoms with Crippen LogP contribution >= 0.6 is 0 Å². The van der Waals surface area contributed by atoms with Crippen molar-refractivity contribution < 1.29 is 19.1 Å². The molecule has 4 rings (SSSR count). The molecule has 1 aliphatic heterocycles. The summed E-state index contributed by atoms with van der Waals surface area (Å²) >= 11 is 0. The molecular formula is C18H17N3O4. The normalized spacial score (nSPS) is 16.4. The third-order valence-corrected chi connectivity index (χ3v) is 4.38. The molecule has 1 aromatic carbocycles. The van der Waals surface area contributed by atoms with Crippen molar-refractivity contribution in [2.24, 2.45) is 0 Å². The number of benzene rings is 1. The maximum absolute atomic E-state index is 12.2. The lowest BCUT2D eigenvalue weighted by molar-refractivity contribution is -0.116. The Bertz CT molecular complexity index is 915. The molecule has 3 aromatic rings. The monoisotopic (exact) mass is 339 g/mol. The Morgan fingerprint density at radius 3 is 3.08 bits per heavy atom. The number of phenols is 1. The SMILES string of the molecule is COc1cc(C2CC(=O)Nc3c2cnn3Cc2ccco2)ccc1O. The summed E-state index contributed by atoms with van der Waals surface area (Å²) in [7, 11) is 1.50. The van der Waals surface area contributed by atoms with E-state index in [9.17, 15) is 9.90 Å². The number of aromatic nitrogens is 2. The van der Waals surface area contributed by atoms with Gasteiger partial charge in [-0.15, -0.1) is 0 Å². The van der Waals surface area contributed by atoms with E-state index in [1.807, 2.05) is 12.1 Å². The highest BCUT2D eigenvalue weighted by atomic mass is 16.5. The van der Waals surface area contributed by atoms with Gasteiger partial charge in [0.2, 0.25) is 5.91 Å². The van der Waals surface area contributed by atoms with Crippen molar-refractivity contribution in [3.8, 4) is 11.5 Å². The van der Waals surface area contributed by atoms with E-state index in [-0.39, 0.29) is 17.6 Å². The summed E-state index contributed by atoms with van der Waals surface area (Å²) < 4.78 is 12.3. The average Bonchev–Trinajstić information content (AvgIpc) is 3.26. The molecule has 0 saturated carbocycles. The number of aromatic hydroxyl groups is 1. The number of fused-ring (bicyclic) bond motifs is 1. The predicted molar refractivity (Wildman–Crippen MR) is 89.8 cm³/mol. The zero-order valence-electron chi connectivity index (χ0n) is 13.6. The molecule has 1 aliphatic rings. The fourth-order valence-electron chi connectivity index (χ4n) is 3.15. The van der Waals surface area contributed by atoms with Gasteiger partial charge in [0.15, 0.2) is 11.5 Å². The smallest absolute Gasteiger partial charge is 0.226 e. The summed E-state index contributed by atoms with van der Waals surface area (Å²) in [6, 6.07) is 8.81. The first-order valence-corrected chi connectivity index (χ1v) is 7.90. The maximum atomic E-state index is 12.2. The summed E-state index contributed by atoms with van der Waals surface area (Å²) in [5.41, 5.74) is 1.82. The van der Waals surface area contributed by atoms with Gasteiger partial charge in [0.1, 0.15) is 18.1 Å². The standard InChI is InChI=1S/C18H17N3O4/c1-24-16-7-11(4-5-15(16)22)13-8-17(23)20-18-14(13)9-19-21(18)10-12-3-2-6-25-12/h2-7,9,13,22H,8,10H2,1H3,(H,20,23). The summed E-state index contributed by atoms with van der Waals surface area (Å²) in [5.74, 6) is 1.65. The van der Waals surface area contributed by atoms with Crippen LogP contribution in [0.25, 0.3) is 0 Å². The number of furan rings is 1. The number of anilines is 1. The van der Waals surface area contributed by atoms with E-state index in [4.69, 9.17) is 9.15 Å². The topological polar surface area (TPSA) is 89.5 Å². The molecule has 25 heavy (non-hydrogen) atoms. The second-order valence-corrected chi connectivity index (χ2v) is 5.92. The van der Waals surface area contributed by atoms with Gasteiger partial charge in [-0.25, -0.2) is 4.68 Å². The zero-order valence-corrected chi connectivity index (χ0v) is 13.6. The lowest BCUT2D eigenvalue weighted by Crippen LogP contribution is -2.25. The third kappa shape index (κ3) is 2.73. The number of rotatable bonds is 4. The largest absolute Gasteiger partial charge is 0.504 e. The molecular weight excluding hydrogens is 322 g/mol. The number of phenolic OH excluding ortho intramolecular Hbond substituents is 1. The number of hydrogen-bond acceptors (Lipinski definition) is 5. The molecule has 1 unspecified atom stereocenters. The molecule has 3 heterocycles. The molecule has 0 radical (unpaired) electrons. The zero-order chi connectivity index (χ0) is 17.4. The lowest BCUT2D eigenvalue weighted by Gasteiger charge is -2.24. The number of nitrogens with one attached hydrogen (secondary N) is 1. The summed E-state index contributed by atoms with van der Waals surface area (Å²) in [6.07, 6.45) is 3.68. The first-order valence-electron chi connectivity index (χ1n) is 7.90. The summed E-state index contributed by atoms with van der Waals surface area (Å²) in [5, 5.41) is 17.1. The number of nitrogens with zero attached hydrogens (tertiary/aromatic N) is 2. The minimum Gasteiger partial charge on any atom is -0.504 e. The average molecular weight is 339 g/mol. The molecule has 0 saturated heterocycles. The van der Waals surface area contributed by atoms with Crippen LogP contribution in [-0.4, -0.2) is 27.9 Å². The van der Waals surface area contributed by atoms with Crippen molar-refractivity contribution in [1.82, 2.24) is 9.78 Å². The van der Waals surface area contributed by atoms with Crippen molar-refractivity contribution in [3.63, 3.8) is 0 Å². The number of carbonyl (C=O) groups excluding carboxylic acids is 1. The van der Waals surface area contributed by atoms with Gasteiger partial charge in [-0.3, -0.25) is 4.79 Å². The molecule has 128 valence electrons.